The lowest BCUT2D eigenvalue weighted by Gasteiger charge is -2.35. The topological polar surface area (TPSA) is 64.6 Å². The zero-order chi connectivity index (χ0) is 16.8. The summed E-state index contributed by atoms with van der Waals surface area (Å²) in [6.45, 7) is 9.74. The fraction of sp³-hybridized carbons (Fsp3) is 0.875. The van der Waals surface area contributed by atoms with Gasteiger partial charge < -0.3 is 9.26 Å². The van der Waals surface area contributed by atoms with Crippen LogP contribution < -0.4 is 5.48 Å². The molecule has 0 heterocycles. The number of carbonyl (C=O) groups is 2. The zero-order valence-corrected chi connectivity index (χ0v) is 15.6. The highest BCUT2D eigenvalue weighted by Gasteiger charge is 2.39. The van der Waals surface area contributed by atoms with Crippen molar-refractivity contribution in [3.63, 3.8) is 0 Å². The molecule has 0 saturated heterocycles. The third kappa shape index (κ3) is 6.18. The highest BCUT2D eigenvalue weighted by Crippen LogP contribution is 2.31. The molecule has 1 N–H and O–H groups in total. The molecule has 1 aliphatic carbocycles. The van der Waals surface area contributed by atoms with Crippen molar-refractivity contribution in [3.8, 4) is 0 Å². The maximum Gasteiger partial charge on any atom is 0.318 e. The Balaban J connectivity index is 2.92. The van der Waals surface area contributed by atoms with Gasteiger partial charge in [-0.25, -0.2) is 5.48 Å². The minimum absolute atomic E-state index is 0.152. The Labute approximate surface area is 135 Å². The van der Waals surface area contributed by atoms with E-state index in [0.29, 0.717) is 0 Å². The molecule has 0 aromatic heterocycles. The lowest BCUT2D eigenvalue weighted by Crippen LogP contribution is -2.52. The van der Waals surface area contributed by atoms with Gasteiger partial charge in [-0.15, -0.1) is 0 Å². The van der Waals surface area contributed by atoms with Gasteiger partial charge in [0.2, 0.25) is 8.32 Å². The first-order valence-electron chi connectivity index (χ1n) is 8.37. The van der Waals surface area contributed by atoms with E-state index >= 15 is 0 Å². The molecule has 1 aliphatic rings. The second-order valence-electron chi connectivity index (χ2n) is 7.10. The van der Waals surface area contributed by atoms with E-state index < -0.39 is 20.2 Å². The number of ether oxygens (including phenoxy) is 1. The number of hydroxylamine groups is 1. The first kappa shape index (κ1) is 19.3. The van der Waals surface area contributed by atoms with E-state index in [0.717, 1.165) is 25.7 Å². The standard InChI is InChI=1S/C16H31NO4Si/c1-6-20-16(19)14(12(2)18)15(17-21-22(3,4)5)13-10-8-7-9-11-13/h13-15,17H,6-11H2,1-5H3/t14-,15-/m1/s1. The molecule has 0 spiro atoms. The molecule has 2 atom stereocenters. The number of hydrogen-bond donors (Lipinski definition) is 1. The van der Waals surface area contributed by atoms with Gasteiger partial charge in [0.15, 0.2) is 0 Å². The van der Waals surface area contributed by atoms with Crippen LogP contribution in [0, 0.1) is 11.8 Å². The normalized spacial score (nSPS) is 19.5. The zero-order valence-electron chi connectivity index (χ0n) is 14.6. The molecule has 1 saturated carbocycles. The number of esters is 1. The number of ketones is 1. The molecular weight excluding hydrogens is 298 g/mol. The van der Waals surface area contributed by atoms with Crippen molar-refractivity contribution < 1.29 is 18.9 Å². The molecule has 128 valence electrons. The Morgan fingerprint density at radius 1 is 1.18 bits per heavy atom. The Morgan fingerprint density at radius 2 is 1.77 bits per heavy atom. The van der Waals surface area contributed by atoms with Gasteiger partial charge in [-0.3, -0.25) is 9.59 Å². The molecule has 0 aromatic rings. The Hall–Kier alpha value is -0.723. The average Bonchev–Trinajstić information content (AvgIpc) is 2.43. The van der Waals surface area contributed by atoms with Crippen molar-refractivity contribution in [2.24, 2.45) is 11.8 Å². The van der Waals surface area contributed by atoms with Crippen molar-refractivity contribution >= 4 is 20.1 Å². The Morgan fingerprint density at radius 3 is 2.23 bits per heavy atom. The fourth-order valence-corrected chi connectivity index (χ4v) is 3.46. The molecule has 1 rings (SSSR count). The van der Waals surface area contributed by atoms with Crippen LogP contribution in [0.1, 0.15) is 46.0 Å². The van der Waals surface area contributed by atoms with Gasteiger partial charge in [-0.05, 0) is 52.2 Å². The van der Waals surface area contributed by atoms with E-state index in [1.54, 1.807) is 6.92 Å². The van der Waals surface area contributed by atoms with Crippen LogP contribution >= 0.6 is 0 Å². The van der Waals surface area contributed by atoms with Crippen LogP contribution in [0.5, 0.6) is 0 Å². The van der Waals surface area contributed by atoms with E-state index in [1.165, 1.54) is 13.3 Å². The fourth-order valence-electron chi connectivity index (χ4n) is 2.97. The molecule has 6 heteroatoms. The number of hydrogen-bond acceptors (Lipinski definition) is 5. The highest BCUT2D eigenvalue weighted by atomic mass is 28.4. The SMILES string of the molecule is CCOC(=O)[C@H](C(C)=O)[C@H](NO[Si](C)(C)C)C1CCCCC1. The molecule has 0 radical (unpaired) electrons. The molecule has 0 amide bonds. The summed E-state index contributed by atoms with van der Waals surface area (Å²) in [5.41, 5.74) is 3.09. The maximum atomic E-state index is 12.3. The van der Waals surface area contributed by atoms with Crippen LogP contribution in [-0.2, 0) is 18.9 Å². The average molecular weight is 330 g/mol. The number of nitrogens with one attached hydrogen (secondary N) is 1. The second kappa shape index (κ2) is 8.79. The number of rotatable bonds is 8. The second-order valence-corrected chi connectivity index (χ2v) is 11.5. The van der Waals surface area contributed by atoms with Crippen molar-refractivity contribution in [1.82, 2.24) is 5.48 Å². The van der Waals surface area contributed by atoms with Crippen molar-refractivity contribution in [1.29, 1.82) is 0 Å². The quantitative estimate of drug-likeness (QED) is 0.321. The van der Waals surface area contributed by atoms with E-state index in [2.05, 4.69) is 25.1 Å². The van der Waals surface area contributed by atoms with Crippen LogP contribution in [0.15, 0.2) is 0 Å². The van der Waals surface area contributed by atoms with Gasteiger partial charge >= 0.3 is 5.97 Å². The van der Waals surface area contributed by atoms with Gasteiger partial charge in [0, 0.05) is 0 Å². The Bertz CT molecular complexity index is 375. The van der Waals surface area contributed by atoms with Gasteiger partial charge in [0.25, 0.3) is 0 Å². The lowest BCUT2D eigenvalue weighted by atomic mass is 9.78. The van der Waals surface area contributed by atoms with E-state index in [9.17, 15) is 9.59 Å². The summed E-state index contributed by atoms with van der Waals surface area (Å²) in [6, 6.07) is -0.288. The van der Waals surface area contributed by atoms with E-state index in [1.807, 2.05) is 0 Å². The molecule has 0 aromatic carbocycles. The molecule has 0 unspecified atom stereocenters. The summed E-state index contributed by atoms with van der Waals surface area (Å²) in [5, 5.41) is 0. The minimum Gasteiger partial charge on any atom is -0.465 e. The highest BCUT2D eigenvalue weighted by molar-refractivity contribution is 6.69. The predicted octanol–water partition coefficient (Wildman–Crippen LogP) is 3.06. The van der Waals surface area contributed by atoms with Crippen LogP contribution in [0.2, 0.25) is 19.6 Å². The molecular formula is C16H31NO4Si. The van der Waals surface area contributed by atoms with E-state index in [4.69, 9.17) is 9.26 Å². The minimum atomic E-state index is -1.79. The molecule has 0 bridgehead atoms. The van der Waals surface area contributed by atoms with Gasteiger partial charge in [0.1, 0.15) is 11.7 Å². The van der Waals surface area contributed by atoms with Crippen LogP contribution in [-0.4, -0.2) is 32.7 Å². The summed E-state index contributed by atoms with van der Waals surface area (Å²) in [5.74, 6) is -1.08. The summed E-state index contributed by atoms with van der Waals surface area (Å²) in [6.07, 6.45) is 5.56. The van der Waals surface area contributed by atoms with Crippen LogP contribution in [0.25, 0.3) is 0 Å². The molecule has 5 nitrogen and oxygen atoms in total. The van der Waals surface area contributed by atoms with Crippen LogP contribution in [0.3, 0.4) is 0 Å². The lowest BCUT2D eigenvalue weighted by molar-refractivity contribution is -0.154. The van der Waals surface area contributed by atoms with Crippen LogP contribution in [0.4, 0.5) is 0 Å². The summed E-state index contributed by atoms with van der Waals surface area (Å²) in [7, 11) is -1.79. The third-order valence-corrected chi connectivity index (χ3v) is 4.73. The number of Topliss-reactive ketones (excluding diaryl/α,β-unsaturated/α-hetero) is 1. The molecule has 0 aliphatic heterocycles. The van der Waals surface area contributed by atoms with Crippen molar-refractivity contribution in [3.05, 3.63) is 0 Å². The monoisotopic (exact) mass is 329 g/mol. The predicted molar refractivity (Wildman–Crippen MR) is 88.7 cm³/mol. The smallest absolute Gasteiger partial charge is 0.318 e. The van der Waals surface area contributed by atoms with Gasteiger partial charge in [-0.2, -0.15) is 0 Å². The van der Waals surface area contributed by atoms with Gasteiger partial charge in [-0.1, -0.05) is 19.3 Å². The summed E-state index contributed by atoms with van der Waals surface area (Å²) in [4.78, 5) is 24.3. The molecule has 1 fully saturated rings. The maximum absolute atomic E-state index is 12.3. The Kier molecular flexibility index (Phi) is 7.72. The molecule has 22 heavy (non-hydrogen) atoms. The van der Waals surface area contributed by atoms with E-state index in [-0.39, 0.29) is 24.3 Å². The summed E-state index contributed by atoms with van der Waals surface area (Å²) >= 11 is 0. The number of carbonyl (C=O) groups excluding carboxylic acids is 2. The summed E-state index contributed by atoms with van der Waals surface area (Å²) < 4.78 is 11.0. The van der Waals surface area contributed by atoms with Gasteiger partial charge in [0.05, 0.1) is 12.6 Å². The first-order valence-corrected chi connectivity index (χ1v) is 11.8. The third-order valence-electron chi connectivity index (χ3n) is 4.00. The first-order chi connectivity index (χ1) is 10.3. The van der Waals surface area contributed by atoms with Crippen molar-refractivity contribution in [2.75, 3.05) is 6.61 Å². The largest absolute Gasteiger partial charge is 0.465 e. The van der Waals surface area contributed by atoms with Crippen molar-refractivity contribution in [2.45, 2.75) is 71.6 Å².